The average Bonchev–Trinajstić information content (AvgIpc) is 3.39. The van der Waals surface area contributed by atoms with Gasteiger partial charge in [0, 0.05) is 29.1 Å². The van der Waals surface area contributed by atoms with E-state index in [1.54, 1.807) is 7.11 Å². The Balaban J connectivity index is 1.51. The summed E-state index contributed by atoms with van der Waals surface area (Å²) in [6.07, 6.45) is 13.0. The molecular weight excluding hydrogens is 440 g/mol. The summed E-state index contributed by atoms with van der Waals surface area (Å²) in [4.78, 5) is 18.8. The van der Waals surface area contributed by atoms with Crippen molar-refractivity contribution in [1.82, 2.24) is 30.1 Å². The van der Waals surface area contributed by atoms with E-state index < -0.39 is 0 Å². The Hall–Kier alpha value is -2.74. The molecule has 2 fully saturated rings. The fourth-order valence-corrected chi connectivity index (χ4v) is 6.15. The number of fused-ring (bicyclic) bond motifs is 1. The smallest absolute Gasteiger partial charge is 0.252 e. The Morgan fingerprint density at radius 2 is 1.83 bits per heavy atom. The highest BCUT2D eigenvalue weighted by atomic mass is 16.5. The lowest BCUT2D eigenvalue weighted by Gasteiger charge is -2.39. The lowest BCUT2D eigenvalue weighted by molar-refractivity contribution is 0.0821. The molecule has 0 aliphatic heterocycles. The molecule has 0 radical (unpaired) electrons. The fourth-order valence-electron chi connectivity index (χ4n) is 6.15. The number of nitrogens with one attached hydrogen (secondary N) is 1. The summed E-state index contributed by atoms with van der Waals surface area (Å²) in [5, 5.41) is 14.2. The lowest BCUT2D eigenvalue weighted by Crippen LogP contribution is -2.41. The molecule has 1 atom stereocenters. The molecular formula is C27H38N6O2. The number of methoxy groups -OCH3 is 1. The van der Waals surface area contributed by atoms with Crippen LogP contribution in [0.5, 0.6) is 5.75 Å². The highest BCUT2D eigenvalue weighted by Gasteiger charge is 2.33. The summed E-state index contributed by atoms with van der Waals surface area (Å²) in [6.45, 7) is 2.80. The molecule has 0 bridgehead atoms. The second-order valence-corrected chi connectivity index (χ2v) is 10.2. The second kappa shape index (κ2) is 10.9. The van der Waals surface area contributed by atoms with Crippen LogP contribution in [-0.2, 0) is 6.54 Å². The van der Waals surface area contributed by atoms with E-state index in [1.807, 2.05) is 24.3 Å². The standard InChI is InChI=1S/C27H38N6O2/c1-3-25(26-29-30-31-33(26)22-12-8-5-9-13-22)32(21-10-6-4-7-11-21)18-20-16-19-17-23(35-2)14-15-24(19)28-27(20)34/h14-17,21-22,25H,3-13,18H2,1-2H3,(H,28,34). The highest BCUT2D eigenvalue weighted by Crippen LogP contribution is 2.35. The zero-order valence-electron chi connectivity index (χ0n) is 21.1. The van der Waals surface area contributed by atoms with E-state index >= 15 is 0 Å². The molecule has 8 heteroatoms. The quantitative estimate of drug-likeness (QED) is 0.472. The van der Waals surface area contributed by atoms with Crippen molar-refractivity contribution in [1.29, 1.82) is 0 Å². The molecule has 3 aromatic rings. The van der Waals surface area contributed by atoms with Crippen LogP contribution in [0.25, 0.3) is 10.9 Å². The third-order valence-electron chi connectivity index (χ3n) is 8.05. The molecule has 5 rings (SSSR count). The Bertz CT molecular complexity index is 1180. The van der Waals surface area contributed by atoms with E-state index in [2.05, 4.69) is 37.0 Å². The number of tetrazole rings is 1. The molecule has 1 aromatic carbocycles. The van der Waals surface area contributed by atoms with Crippen molar-refractivity contribution in [2.75, 3.05) is 7.11 Å². The minimum atomic E-state index is -0.0230. The third-order valence-corrected chi connectivity index (χ3v) is 8.05. The van der Waals surface area contributed by atoms with E-state index in [0.717, 1.165) is 60.1 Å². The van der Waals surface area contributed by atoms with E-state index in [4.69, 9.17) is 4.74 Å². The van der Waals surface area contributed by atoms with Crippen LogP contribution in [-0.4, -0.2) is 43.2 Å². The van der Waals surface area contributed by atoms with Gasteiger partial charge in [0.1, 0.15) is 5.75 Å². The SMILES string of the molecule is CCC(c1nnnn1C1CCCCC1)N(Cc1cc2cc(OC)ccc2[nH]c1=O)C1CCCCC1. The monoisotopic (exact) mass is 478 g/mol. The van der Waals surface area contributed by atoms with Crippen molar-refractivity contribution in [3.63, 3.8) is 0 Å². The number of hydrogen-bond acceptors (Lipinski definition) is 6. The van der Waals surface area contributed by atoms with Gasteiger partial charge in [-0.15, -0.1) is 5.10 Å². The number of H-pyrrole nitrogens is 1. The van der Waals surface area contributed by atoms with Crippen LogP contribution < -0.4 is 10.3 Å². The van der Waals surface area contributed by atoms with Gasteiger partial charge in [-0.1, -0.05) is 45.4 Å². The van der Waals surface area contributed by atoms with Crippen LogP contribution in [0, 0.1) is 0 Å². The van der Waals surface area contributed by atoms with Crippen LogP contribution in [0.15, 0.2) is 29.1 Å². The molecule has 188 valence electrons. The first-order valence-corrected chi connectivity index (χ1v) is 13.4. The number of hydrogen-bond donors (Lipinski definition) is 1. The Morgan fingerprint density at radius 1 is 1.09 bits per heavy atom. The van der Waals surface area contributed by atoms with Gasteiger partial charge in [-0.05, 0) is 66.8 Å². The van der Waals surface area contributed by atoms with E-state index in [9.17, 15) is 4.79 Å². The molecule has 2 saturated carbocycles. The second-order valence-electron chi connectivity index (χ2n) is 10.2. The zero-order chi connectivity index (χ0) is 24.2. The first-order chi connectivity index (χ1) is 17.2. The molecule has 2 aliphatic carbocycles. The molecule has 1 N–H and O–H groups in total. The highest BCUT2D eigenvalue weighted by molar-refractivity contribution is 5.80. The van der Waals surface area contributed by atoms with E-state index in [-0.39, 0.29) is 11.6 Å². The van der Waals surface area contributed by atoms with Crippen molar-refractivity contribution >= 4 is 10.9 Å². The molecule has 8 nitrogen and oxygen atoms in total. The summed E-state index contributed by atoms with van der Waals surface area (Å²) in [5.41, 5.74) is 1.59. The zero-order valence-corrected chi connectivity index (χ0v) is 21.1. The molecule has 0 saturated heterocycles. The summed E-state index contributed by atoms with van der Waals surface area (Å²) < 4.78 is 7.53. The van der Waals surface area contributed by atoms with Gasteiger partial charge in [-0.25, -0.2) is 4.68 Å². The van der Waals surface area contributed by atoms with Crippen molar-refractivity contribution in [3.05, 3.63) is 46.0 Å². The number of rotatable bonds is 8. The lowest BCUT2D eigenvalue weighted by atomic mass is 9.91. The summed E-state index contributed by atoms with van der Waals surface area (Å²) in [5.74, 6) is 1.75. The topological polar surface area (TPSA) is 88.9 Å². The Kier molecular flexibility index (Phi) is 7.46. The molecule has 0 spiro atoms. The largest absolute Gasteiger partial charge is 0.497 e. The summed E-state index contributed by atoms with van der Waals surface area (Å²) in [7, 11) is 1.67. The predicted molar refractivity (Wildman–Crippen MR) is 137 cm³/mol. The maximum absolute atomic E-state index is 13.2. The maximum atomic E-state index is 13.2. The number of aromatic amines is 1. The van der Waals surface area contributed by atoms with Crippen LogP contribution in [0.2, 0.25) is 0 Å². The Morgan fingerprint density at radius 3 is 2.54 bits per heavy atom. The first kappa shape index (κ1) is 24.0. The molecule has 2 aliphatic rings. The van der Waals surface area contributed by atoms with Gasteiger partial charge in [0.2, 0.25) is 0 Å². The normalized spacial score (nSPS) is 18.8. The van der Waals surface area contributed by atoms with Gasteiger partial charge >= 0.3 is 0 Å². The number of ether oxygens (including phenoxy) is 1. The van der Waals surface area contributed by atoms with Gasteiger partial charge in [-0.3, -0.25) is 9.69 Å². The van der Waals surface area contributed by atoms with Crippen LogP contribution in [0.1, 0.15) is 101 Å². The van der Waals surface area contributed by atoms with Crippen molar-refractivity contribution < 1.29 is 4.74 Å². The van der Waals surface area contributed by atoms with Gasteiger partial charge < -0.3 is 9.72 Å². The van der Waals surface area contributed by atoms with E-state index in [1.165, 1.54) is 38.5 Å². The van der Waals surface area contributed by atoms with Crippen LogP contribution >= 0.6 is 0 Å². The number of pyridine rings is 1. The molecule has 0 amide bonds. The minimum absolute atomic E-state index is 0.0230. The van der Waals surface area contributed by atoms with Crippen molar-refractivity contribution in [2.45, 2.75) is 102 Å². The number of nitrogens with zero attached hydrogens (tertiary/aromatic N) is 5. The van der Waals surface area contributed by atoms with Gasteiger partial charge in [0.05, 0.1) is 19.2 Å². The van der Waals surface area contributed by atoms with Crippen molar-refractivity contribution in [2.24, 2.45) is 0 Å². The maximum Gasteiger partial charge on any atom is 0.252 e. The van der Waals surface area contributed by atoms with E-state index in [0.29, 0.717) is 18.6 Å². The fraction of sp³-hybridized carbons (Fsp3) is 0.630. The van der Waals surface area contributed by atoms with Crippen LogP contribution in [0.4, 0.5) is 0 Å². The molecule has 2 aromatic heterocycles. The molecule has 2 heterocycles. The summed E-state index contributed by atoms with van der Waals surface area (Å²) >= 11 is 0. The van der Waals surface area contributed by atoms with Gasteiger partial charge in [0.25, 0.3) is 5.56 Å². The van der Waals surface area contributed by atoms with Crippen LogP contribution in [0.3, 0.4) is 0 Å². The summed E-state index contributed by atoms with van der Waals surface area (Å²) in [6, 6.07) is 8.69. The van der Waals surface area contributed by atoms with Crippen molar-refractivity contribution in [3.8, 4) is 5.75 Å². The average molecular weight is 479 g/mol. The first-order valence-electron chi connectivity index (χ1n) is 13.4. The predicted octanol–water partition coefficient (Wildman–Crippen LogP) is 5.31. The molecule has 35 heavy (non-hydrogen) atoms. The number of benzene rings is 1. The molecule has 1 unspecified atom stereocenters. The third kappa shape index (κ3) is 5.13. The minimum Gasteiger partial charge on any atom is -0.497 e. The van der Waals surface area contributed by atoms with Gasteiger partial charge in [-0.2, -0.15) is 0 Å². The van der Waals surface area contributed by atoms with Gasteiger partial charge in [0.15, 0.2) is 5.82 Å². The Labute approximate surface area is 207 Å². The number of aromatic nitrogens is 5.